The SMILES string of the molecule is CCCCNS(=O)(=O)c1ccc(CNC(C)C)o1. The van der Waals surface area contributed by atoms with Crippen molar-refractivity contribution in [3.8, 4) is 0 Å². The Labute approximate surface area is 109 Å². The number of nitrogens with one attached hydrogen (secondary N) is 2. The van der Waals surface area contributed by atoms with E-state index >= 15 is 0 Å². The molecular weight excluding hydrogens is 252 g/mol. The molecule has 0 amide bonds. The van der Waals surface area contributed by atoms with Gasteiger partial charge >= 0.3 is 0 Å². The van der Waals surface area contributed by atoms with Crippen molar-refractivity contribution in [2.24, 2.45) is 0 Å². The standard InChI is InChI=1S/C12H22N2O3S/c1-4-5-8-14-18(15,16)12-7-6-11(17-12)9-13-10(2)3/h6-7,10,13-14H,4-5,8-9H2,1-3H3. The first-order valence-corrected chi connectivity index (χ1v) is 7.75. The van der Waals surface area contributed by atoms with E-state index in [1.807, 2.05) is 20.8 Å². The number of sulfonamides is 1. The monoisotopic (exact) mass is 274 g/mol. The Hall–Kier alpha value is -0.850. The lowest BCUT2D eigenvalue weighted by Gasteiger charge is -2.05. The molecule has 0 aromatic carbocycles. The van der Waals surface area contributed by atoms with Gasteiger partial charge in [0.2, 0.25) is 5.09 Å². The Morgan fingerprint density at radius 1 is 1.33 bits per heavy atom. The highest BCUT2D eigenvalue weighted by atomic mass is 32.2. The van der Waals surface area contributed by atoms with Gasteiger partial charge in [-0.2, -0.15) is 0 Å². The molecule has 0 unspecified atom stereocenters. The highest BCUT2D eigenvalue weighted by molar-refractivity contribution is 7.89. The van der Waals surface area contributed by atoms with Gasteiger partial charge in [0.15, 0.2) is 0 Å². The highest BCUT2D eigenvalue weighted by Crippen LogP contribution is 2.13. The summed E-state index contributed by atoms with van der Waals surface area (Å²) in [4.78, 5) is 0. The van der Waals surface area contributed by atoms with Crippen LogP contribution in [0, 0.1) is 0 Å². The predicted molar refractivity (Wildman–Crippen MR) is 70.8 cm³/mol. The van der Waals surface area contributed by atoms with Gasteiger partial charge in [0, 0.05) is 12.6 Å². The molecule has 0 radical (unpaired) electrons. The molecule has 1 aromatic heterocycles. The van der Waals surface area contributed by atoms with Crippen LogP contribution in [0.15, 0.2) is 21.6 Å². The lowest BCUT2D eigenvalue weighted by Crippen LogP contribution is -2.24. The normalized spacial score (nSPS) is 12.2. The van der Waals surface area contributed by atoms with E-state index in [1.54, 1.807) is 6.07 Å². The van der Waals surface area contributed by atoms with Crippen LogP contribution in [0.2, 0.25) is 0 Å². The summed E-state index contributed by atoms with van der Waals surface area (Å²) < 4.78 is 31.5. The van der Waals surface area contributed by atoms with Crippen LogP contribution in [0.3, 0.4) is 0 Å². The molecule has 104 valence electrons. The zero-order valence-corrected chi connectivity index (χ0v) is 12.0. The van der Waals surface area contributed by atoms with Crippen LogP contribution < -0.4 is 10.0 Å². The van der Waals surface area contributed by atoms with Crippen LogP contribution in [0.5, 0.6) is 0 Å². The smallest absolute Gasteiger partial charge is 0.273 e. The summed E-state index contributed by atoms with van der Waals surface area (Å²) >= 11 is 0. The summed E-state index contributed by atoms with van der Waals surface area (Å²) in [5.41, 5.74) is 0. The first-order valence-electron chi connectivity index (χ1n) is 6.27. The molecule has 1 heterocycles. The van der Waals surface area contributed by atoms with Crippen molar-refractivity contribution in [2.45, 2.75) is 51.3 Å². The van der Waals surface area contributed by atoms with E-state index in [4.69, 9.17) is 4.42 Å². The minimum absolute atomic E-state index is 0.0147. The van der Waals surface area contributed by atoms with E-state index in [-0.39, 0.29) is 5.09 Å². The van der Waals surface area contributed by atoms with E-state index in [0.29, 0.717) is 24.9 Å². The van der Waals surface area contributed by atoms with Crippen LogP contribution in [0.1, 0.15) is 39.4 Å². The average molecular weight is 274 g/mol. The Bertz CT molecular complexity index is 452. The Kier molecular flexibility index (Phi) is 5.84. The fourth-order valence-corrected chi connectivity index (χ4v) is 2.38. The van der Waals surface area contributed by atoms with E-state index < -0.39 is 10.0 Å². The molecule has 0 aliphatic rings. The van der Waals surface area contributed by atoms with Crippen molar-refractivity contribution >= 4 is 10.0 Å². The molecule has 0 saturated carbocycles. The fourth-order valence-electron chi connectivity index (χ4n) is 1.36. The fraction of sp³-hybridized carbons (Fsp3) is 0.667. The van der Waals surface area contributed by atoms with Gasteiger partial charge in [-0.15, -0.1) is 0 Å². The minimum Gasteiger partial charge on any atom is -0.447 e. The molecule has 0 saturated heterocycles. The van der Waals surface area contributed by atoms with Crippen molar-refractivity contribution in [1.82, 2.24) is 10.0 Å². The van der Waals surface area contributed by atoms with E-state index in [1.165, 1.54) is 6.07 Å². The summed E-state index contributed by atoms with van der Waals surface area (Å²) in [6.07, 6.45) is 1.77. The molecule has 0 bridgehead atoms. The largest absolute Gasteiger partial charge is 0.447 e. The maximum absolute atomic E-state index is 11.8. The number of hydrogen-bond acceptors (Lipinski definition) is 4. The first-order chi connectivity index (χ1) is 8.45. The molecule has 0 spiro atoms. The predicted octanol–water partition coefficient (Wildman–Crippen LogP) is 1.86. The summed E-state index contributed by atoms with van der Waals surface area (Å²) in [5, 5.41) is 3.16. The van der Waals surface area contributed by atoms with E-state index in [2.05, 4.69) is 10.0 Å². The van der Waals surface area contributed by atoms with Crippen molar-refractivity contribution < 1.29 is 12.8 Å². The molecule has 1 aromatic rings. The number of hydrogen-bond donors (Lipinski definition) is 2. The lowest BCUT2D eigenvalue weighted by molar-refractivity contribution is 0.393. The first kappa shape index (κ1) is 15.2. The van der Waals surface area contributed by atoms with Crippen LogP contribution in [0.25, 0.3) is 0 Å². The van der Waals surface area contributed by atoms with Crippen LogP contribution in [-0.4, -0.2) is 21.0 Å². The summed E-state index contributed by atoms with van der Waals surface area (Å²) in [6.45, 7) is 7.03. The number of rotatable bonds is 8. The summed E-state index contributed by atoms with van der Waals surface area (Å²) in [6, 6.07) is 3.51. The van der Waals surface area contributed by atoms with Crippen molar-refractivity contribution in [3.63, 3.8) is 0 Å². The maximum atomic E-state index is 11.8. The molecule has 0 aliphatic heterocycles. The van der Waals surface area contributed by atoms with E-state index in [9.17, 15) is 8.42 Å². The van der Waals surface area contributed by atoms with Gasteiger partial charge < -0.3 is 9.73 Å². The third-order valence-corrected chi connectivity index (χ3v) is 3.74. The summed E-state index contributed by atoms with van der Waals surface area (Å²) in [7, 11) is -3.49. The zero-order valence-electron chi connectivity index (χ0n) is 11.2. The third-order valence-electron chi connectivity index (χ3n) is 2.41. The molecule has 0 aliphatic carbocycles. The second-order valence-corrected chi connectivity index (χ2v) is 6.21. The third kappa shape index (κ3) is 4.80. The quantitative estimate of drug-likeness (QED) is 0.710. The van der Waals surface area contributed by atoms with Gasteiger partial charge in [-0.25, -0.2) is 13.1 Å². The Morgan fingerprint density at radius 2 is 2.06 bits per heavy atom. The van der Waals surface area contributed by atoms with Gasteiger partial charge in [0.1, 0.15) is 5.76 Å². The topological polar surface area (TPSA) is 71.3 Å². The van der Waals surface area contributed by atoms with Gasteiger partial charge in [0.05, 0.1) is 6.54 Å². The maximum Gasteiger partial charge on any atom is 0.273 e. The molecule has 5 nitrogen and oxygen atoms in total. The average Bonchev–Trinajstić information content (AvgIpc) is 2.76. The zero-order chi connectivity index (χ0) is 13.6. The molecule has 1 rings (SSSR count). The molecule has 0 atom stereocenters. The second kappa shape index (κ2) is 6.92. The van der Waals surface area contributed by atoms with Crippen LogP contribution >= 0.6 is 0 Å². The molecular formula is C12H22N2O3S. The van der Waals surface area contributed by atoms with Crippen LogP contribution in [0.4, 0.5) is 0 Å². The van der Waals surface area contributed by atoms with Gasteiger partial charge in [-0.3, -0.25) is 0 Å². The number of furan rings is 1. The summed E-state index contributed by atoms with van der Waals surface area (Å²) in [5.74, 6) is 0.625. The van der Waals surface area contributed by atoms with Gasteiger partial charge in [-0.05, 0) is 18.6 Å². The highest BCUT2D eigenvalue weighted by Gasteiger charge is 2.17. The van der Waals surface area contributed by atoms with Crippen molar-refractivity contribution in [1.29, 1.82) is 0 Å². The Balaban J connectivity index is 2.60. The number of unbranched alkanes of at least 4 members (excludes halogenated alkanes) is 1. The van der Waals surface area contributed by atoms with Gasteiger partial charge in [-0.1, -0.05) is 27.2 Å². The van der Waals surface area contributed by atoms with E-state index in [0.717, 1.165) is 12.8 Å². The van der Waals surface area contributed by atoms with Gasteiger partial charge in [0.25, 0.3) is 10.0 Å². The Morgan fingerprint density at radius 3 is 2.67 bits per heavy atom. The molecule has 0 fully saturated rings. The van der Waals surface area contributed by atoms with Crippen molar-refractivity contribution in [2.75, 3.05) is 6.54 Å². The van der Waals surface area contributed by atoms with Crippen molar-refractivity contribution in [3.05, 3.63) is 17.9 Å². The minimum atomic E-state index is -3.49. The van der Waals surface area contributed by atoms with Crippen LogP contribution in [-0.2, 0) is 16.6 Å². The lowest BCUT2D eigenvalue weighted by atomic mass is 10.3. The molecule has 6 heteroatoms. The molecule has 2 N–H and O–H groups in total. The molecule has 18 heavy (non-hydrogen) atoms. The second-order valence-electron chi connectivity index (χ2n) is 4.51.